The summed E-state index contributed by atoms with van der Waals surface area (Å²) >= 11 is 0. The van der Waals surface area contributed by atoms with Crippen molar-refractivity contribution in [2.75, 3.05) is 0 Å². The van der Waals surface area contributed by atoms with Gasteiger partial charge in [-0.15, -0.1) is 0 Å². The van der Waals surface area contributed by atoms with Crippen molar-refractivity contribution < 1.29 is 8.78 Å². The Labute approximate surface area is 158 Å². The highest BCUT2D eigenvalue weighted by Crippen LogP contribution is 2.26. The van der Waals surface area contributed by atoms with Crippen molar-refractivity contribution in [1.82, 2.24) is 0 Å². The van der Waals surface area contributed by atoms with Crippen LogP contribution in [0.15, 0.2) is 48.5 Å². The van der Waals surface area contributed by atoms with Gasteiger partial charge in [0, 0.05) is 21.9 Å². The zero-order valence-corrected chi connectivity index (χ0v) is 15.2. The molecule has 0 aliphatic rings. The lowest BCUT2D eigenvalue weighted by molar-refractivity contribution is 0.585. The van der Waals surface area contributed by atoms with Gasteiger partial charge >= 0.3 is 0 Å². The summed E-state index contributed by atoms with van der Waals surface area (Å²) in [4.78, 5) is 0. The van der Waals surface area contributed by atoms with E-state index in [1.807, 2.05) is 12.1 Å². The normalized spacial score (nSPS) is 10.3. The molecular weight excluding hydrogens is 340 g/mol. The average molecular weight is 359 g/mol. The van der Waals surface area contributed by atoms with Crippen molar-refractivity contribution >= 4 is 10.8 Å². The lowest BCUT2D eigenvalue weighted by Crippen LogP contribution is -1.93. The maximum Gasteiger partial charge on any atom is 0.151 e. The van der Waals surface area contributed by atoms with Gasteiger partial charge in [-0.25, -0.2) is 8.78 Å². The number of hydrogen-bond donors (Lipinski definition) is 0. The van der Waals surface area contributed by atoms with E-state index < -0.39 is 17.2 Å². The Morgan fingerprint density at radius 1 is 0.926 bits per heavy atom. The van der Waals surface area contributed by atoms with Gasteiger partial charge in [-0.2, -0.15) is 5.26 Å². The Kier molecular flexibility index (Phi) is 5.84. The minimum absolute atomic E-state index is 0.200. The van der Waals surface area contributed by atoms with E-state index >= 15 is 0 Å². The standard InChI is InChI=1S/C24H19F2N/c1-2-3-4-6-17-9-11-18(12-10-17)13-14-19-7-5-8-20-21(19)15-23(25)22(16-27)24(20)26/h5,7-12,15H,2-4,6H2,1H3. The molecular formula is C24H19F2N. The second-order valence-corrected chi connectivity index (χ2v) is 6.46. The first-order valence-corrected chi connectivity index (χ1v) is 9.05. The number of halogens is 2. The topological polar surface area (TPSA) is 23.8 Å². The molecule has 0 spiro atoms. The second-order valence-electron chi connectivity index (χ2n) is 6.46. The van der Waals surface area contributed by atoms with Crippen LogP contribution in [-0.4, -0.2) is 0 Å². The quantitative estimate of drug-likeness (QED) is 0.406. The minimum atomic E-state index is -0.867. The van der Waals surface area contributed by atoms with Crippen molar-refractivity contribution in [3.63, 3.8) is 0 Å². The zero-order chi connectivity index (χ0) is 19.2. The molecule has 0 saturated carbocycles. The molecule has 3 heteroatoms. The summed E-state index contributed by atoms with van der Waals surface area (Å²) in [7, 11) is 0. The number of hydrogen-bond acceptors (Lipinski definition) is 1. The smallest absolute Gasteiger partial charge is 0.151 e. The van der Waals surface area contributed by atoms with Crippen LogP contribution >= 0.6 is 0 Å². The van der Waals surface area contributed by atoms with Crippen molar-refractivity contribution in [2.45, 2.75) is 32.6 Å². The highest BCUT2D eigenvalue weighted by atomic mass is 19.1. The molecule has 0 unspecified atom stereocenters. The Hall–Kier alpha value is -3.17. The van der Waals surface area contributed by atoms with Crippen LogP contribution in [-0.2, 0) is 6.42 Å². The number of fused-ring (bicyclic) bond motifs is 1. The fraction of sp³-hybridized carbons (Fsp3) is 0.208. The summed E-state index contributed by atoms with van der Waals surface area (Å²) in [5.41, 5.74) is 2.10. The average Bonchev–Trinajstić information content (AvgIpc) is 2.68. The van der Waals surface area contributed by atoms with Crippen LogP contribution in [0.1, 0.15) is 48.4 Å². The van der Waals surface area contributed by atoms with E-state index in [9.17, 15) is 8.78 Å². The van der Waals surface area contributed by atoms with Crippen LogP contribution in [0.2, 0.25) is 0 Å². The van der Waals surface area contributed by atoms with Crippen LogP contribution in [0.4, 0.5) is 8.78 Å². The predicted molar refractivity (Wildman–Crippen MR) is 104 cm³/mol. The summed E-state index contributed by atoms with van der Waals surface area (Å²) in [6, 6.07) is 15.7. The van der Waals surface area contributed by atoms with E-state index in [1.54, 1.807) is 18.2 Å². The Balaban J connectivity index is 1.91. The van der Waals surface area contributed by atoms with Crippen LogP contribution in [0.3, 0.4) is 0 Å². The first-order valence-electron chi connectivity index (χ1n) is 9.05. The molecule has 3 aromatic carbocycles. The van der Waals surface area contributed by atoms with Gasteiger partial charge in [0.1, 0.15) is 17.4 Å². The Bertz CT molecular complexity index is 1060. The van der Waals surface area contributed by atoms with Crippen LogP contribution < -0.4 is 0 Å². The molecule has 0 fully saturated rings. The van der Waals surface area contributed by atoms with E-state index in [0.717, 1.165) is 12.0 Å². The summed E-state index contributed by atoms with van der Waals surface area (Å²) in [6.07, 6.45) is 4.67. The number of nitriles is 1. The lowest BCUT2D eigenvalue weighted by Gasteiger charge is -2.05. The molecule has 134 valence electrons. The summed E-state index contributed by atoms with van der Waals surface area (Å²) in [6.45, 7) is 2.19. The first-order chi connectivity index (χ1) is 13.1. The van der Waals surface area contributed by atoms with E-state index in [-0.39, 0.29) is 5.39 Å². The van der Waals surface area contributed by atoms with E-state index in [1.165, 1.54) is 37.0 Å². The molecule has 0 amide bonds. The summed E-state index contributed by atoms with van der Waals surface area (Å²) in [5, 5.41) is 9.48. The molecule has 0 N–H and O–H groups in total. The number of unbranched alkanes of at least 4 members (excludes halogenated alkanes) is 2. The van der Waals surface area contributed by atoms with Gasteiger partial charge in [0.2, 0.25) is 0 Å². The number of nitrogens with zero attached hydrogens (tertiary/aromatic N) is 1. The second kappa shape index (κ2) is 8.47. The molecule has 0 heterocycles. The molecule has 3 rings (SSSR count). The monoisotopic (exact) mass is 359 g/mol. The number of benzene rings is 3. The molecule has 0 atom stereocenters. The number of aryl methyl sites for hydroxylation is 1. The fourth-order valence-electron chi connectivity index (χ4n) is 3.04. The van der Waals surface area contributed by atoms with Gasteiger partial charge in [0.15, 0.2) is 5.82 Å². The van der Waals surface area contributed by atoms with E-state index in [2.05, 4.69) is 30.9 Å². The van der Waals surface area contributed by atoms with Gasteiger partial charge in [0.25, 0.3) is 0 Å². The van der Waals surface area contributed by atoms with Gasteiger partial charge in [-0.3, -0.25) is 0 Å². The molecule has 27 heavy (non-hydrogen) atoms. The van der Waals surface area contributed by atoms with Crippen LogP contribution in [0.25, 0.3) is 10.8 Å². The Morgan fingerprint density at radius 2 is 1.70 bits per heavy atom. The zero-order valence-electron chi connectivity index (χ0n) is 15.2. The third-order valence-corrected chi connectivity index (χ3v) is 4.55. The third kappa shape index (κ3) is 4.15. The highest BCUT2D eigenvalue weighted by molar-refractivity contribution is 5.90. The van der Waals surface area contributed by atoms with Gasteiger partial charge in [0.05, 0.1) is 0 Å². The largest absolute Gasteiger partial charge is 0.205 e. The molecule has 0 bridgehead atoms. The molecule has 3 aromatic rings. The fourth-order valence-corrected chi connectivity index (χ4v) is 3.04. The van der Waals surface area contributed by atoms with E-state index in [4.69, 9.17) is 5.26 Å². The van der Waals surface area contributed by atoms with Gasteiger partial charge < -0.3 is 0 Å². The molecule has 1 nitrogen and oxygen atoms in total. The van der Waals surface area contributed by atoms with Crippen LogP contribution in [0, 0.1) is 34.8 Å². The van der Waals surface area contributed by atoms with Crippen LogP contribution in [0.5, 0.6) is 0 Å². The van der Waals surface area contributed by atoms with Gasteiger partial charge in [-0.1, -0.05) is 55.9 Å². The molecule has 0 aliphatic carbocycles. The van der Waals surface area contributed by atoms with Crippen molar-refractivity contribution in [3.05, 3.63) is 82.4 Å². The van der Waals surface area contributed by atoms with Crippen molar-refractivity contribution in [3.8, 4) is 17.9 Å². The predicted octanol–water partition coefficient (Wildman–Crippen LogP) is 6.12. The number of rotatable bonds is 4. The van der Waals surface area contributed by atoms with Crippen molar-refractivity contribution in [1.29, 1.82) is 5.26 Å². The molecule has 0 saturated heterocycles. The van der Waals surface area contributed by atoms with Crippen molar-refractivity contribution in [2.24, 2.45) is 0 Å². The Morgan fingerprint density at radius 3 is 2.41 bits per heavy atom. The summed E-state index contributed by atoms with van der Waals surface area (Å²) in [5.74, 6) is 4.35. The molecule has 0 radical (unpaired) electrons. The van der Waals surface area contributed by atoms with Gasteiger partial charge in [-0.05, 0) is 42.7 Å². The maximum atomic E-state index is 14.3. The summed E-state index contributed by atoms with van der Waals surface area (Å²) < 4.78 is 28.3. The first kappa shape index (κ1) is 18.6. The third-order valence-electron chi connectivity index (χ3n) is 4.55. The highest BCUT2D eigenvalue weighted by Gasteiger charge is 2.14. The maximum absolute atomic E-state index is 14.3. The lowest BCUT2D eigenvalue weighted by atomic mass is 10.0. The minimum Gasteiger partial charge on any atom is -0.205 e. The van der Waals surface area contributed by atoms with E-state index in [0.29, 0.717) is 10.9 Å². The molecule has 0 aliphatic heterocycles. The molecule has 0 aromatic heterocycles. The SMILES string of the molecule is CCCCCc1ccc(C#Cc2cccc3c(F)c(C#N)c(F)cc23)cc1.